The van der Waals surface area contributed by atoms with Crippen LogP contribution in [0.3, 0.4) is 0 Å². The summed E-state index contributed by atoms with van der Waals surface area (Å²) in [6.07, 6.45) is 0.843. The molecule has 0 atom stereocenters. The molecule has 0 radical (unpaired) electrons. The third-order valence-electron chi connectivity index (χ3n) is 0.987. The van der Waals surface area contributed by atoms with E-state index in [0.29, 0.717) is 5.22 Å². The molecule has 0 amide bonds. The van der Waals surface area contributed by atoms with E-state index >= 15 is 0 Å². The highest BCUT2D eigenvalue weighted by atomic mass is 35.5. The number of halogens is 1. The minimum atomic E-state index is 0.451. The van der Waals surface area contributed by atoms with Gasteiger partial charge in [-0.3, -0.25) is 0 Å². The summed E-state index contributed by atoms with van der Waals surface area (Å²) in [6.45, 7) is 0. The van der Waals surface area contributed by atoms with Crippen molar-refractivity contribution in [2.24, 2.45) is 0 Å². The van der Waals surface area contributed by atoms with E-state index in [1.54, 1.807) is 6.07 Å². The Kier molecular flexibility index (Phi) is 2.49. The van der Waals surface area contributed by atoms with E-state index in [9.17, 15) is 0 Å². The zero-order valence-electron chi connectivity index (χ0n) is 4.80. The molecule has 9 heavy (non-hydrogen) atoms. The predicted molar refractivity (Wildman–Crippen MR) is 41.3 cm³/mol. The van der Waals surface area contributed by atoms with Crippen LogP contribution < -0.4 is 0 Å². The van der Waals surface area contributed by atoms with Gasteiger partial charge in [0.15, 0.2) is 5.22 Å². The van der Waals surface area contributed by atoms with Crippen LogP contribution in [0.2, 0.25) is 5.22 Å². The van der Waals surface area contributed by atoms with Crippen LogP contribution in [0.25, 0.3) is 0 Å². The van der Waals surface area contributed by atoms with Gasteiger partial charge in [0.1, 0.15) is 5.76 Å². The first-order chi connectivity index (χ1) is 4.33. The molecule has 0 aliphatic carbocycles. The molecule has 0 unspecified atom stereocenters. The number of aryl methyl sites for hydroxylation is 1. The lowest BCUT2D eigenvalue weighted by molar-refractivity contribution is 0.519. The molecule has 0 bridgehead atoms. The van der Waals surface area contributed by atoms with Crippen molar-refractivity contribution in [3.63, 3.8) is 0 Å². The molecule has 0 N–H and O–H groups in total. The predicted octanol–water partition coefficient (Wildman–Crippen LogP) is 2.41. The number of rotatable bonds is 2. The summed E-state index contributed by atoms with van der Waals surface area (Å²) in [5.41, 5.74) is 0. The lowest BCUT2D eigenvalue weighted by Gasteiger charge is -1.86. The van der Waals surface area contributed by atoms with Gasteiger partial charge in [-0.15, -0.1) is 0 Å². The Morgan fingerprint density at radius 3 is 2.78 bits per heavy atom. The summed E-state index contributed by atoms with van der Waals surface area (Å²) in [6, 6.07) is 3.60. The fourth-order valence-electron chi connectivity index (χ4n) is 0.596. The Bertz CT molecular complexity index is 185. The number of furan rings is 1. The van der Waals surface area contributed by atoms with Crippen LogP contribution in [0.4, 0.5) is 0 Å². The highest BCUT2D eigenvalue weighted by molar-refractivity contribution is 7.80. The van der Waals surface area contributed by atoms with E-state index in [0.717, 1.165) is 17.9 Å². The van der Waals surface area contributed by atoms with Crippen molar-refractivity contribution in [2.45, 2.75) is 6.42 Å². The first kappa shape index (κ1) is 7.03. The Morgan fingerprint density at radius 1 is 1.56 bits per heavy atom. The normalized spacial score (nSPS) is 10.0. The van der Waals surface area contributed by atoms with Crippen LogP contribution in [0.1, 0.15) is 5.76 Å². The Morgan fingerprint density at radius 2 is 2.33 bits per heavy atom. The van der Waals surface area contributed by atoms with Crippen molar-refractivity contribution in [3.8, 4) is 0 Å². The van der Waals surface area contributed by atoms with Gasteiger partial charge in [0, 0.05) is 6.42 Å². The third-order valence-corrected chi connectivity index (χ3v) is 1.41. The standard InChI is InChI=1S/C6H7ClOS/c7-6-2-1-5(8-6)3-4-9/h1-2,9H,3-4H2. The molecule has 1 heterocycles. The maximum atomic E-state index is 5.50. The van der Waals surface area contributed by atoms with Gasteiger partial charge in [-0.1, -0.05) is 0 Å². The van der Waals surface area contributed by atoms with Crippen LogP contribution in [0.15, 0.2) is 16.5 Å². The van der Waals surface area contributed by atoms with Gasteiger partial charge in [-0.05, 0) is 29.5 Å². The SMILES string of the molecule is SCCc1ccc(Cl)o1. The topological polar surface area (TPSA) is 13.1 Å². The van der Waals surface area contributed by atoms with Crippen LogP contribution >= 0.6 is 24.2 Å². The quantitative estimate of drug-likeness (QED) is 0.660. The van der Waals surface area contributed by atoms with Crippen molar-refractivity contribution in [1.29, 1.82) is 0 Å². The highest BCUT2D eigenvalue weighted by Gasteiger charge is 1.95. The molecular weight excluding hydrogens is 156 g/mol. The second-order valence-electron chi connectivity index (χ2n) is 1.68. The molecule has 0 aliphatic heterocycles. The summed E-state index contributed by atoms with van der Waals surface area (Å²) >= 11 is 9.54. The van der Waals surface area contributed by atoms with Gasteiger partial charge in [0.25, 0.3) is 0 Å². The van der Waals surface area contributed by atoms with E-state index < -0.39 is 0 Å². The largest absolute Gasteiger partial charge is 0.450 e. The molecule has 1 nitrogen and oxygen atoms in total. The molecule has 1 aromatic rings. The van der Waals surface area contributed by atoms with E-state index in [4.69, 9.17) is 16.0 Å². The monoisotopic (exact) mass is 162 g/mol. The van der Waals surface area contributed by atoms with E-state index in [1.807, 2.05) is 6.07 Å². The highest BCUT2D eigenvalue weighted by Crippen LogP contribution is 2.13. The molecule has 0 fully saturated rings. The third kappa shape index (κ3) is 1.95. The Balaban J connectivity index is 2.61. The molecule has 0 saturated heterocycles. The first-order valence-electron chi connectivity index (χ1n) is 2.68. The van der Waals surface area contributed by atoms with E-state index in [2.05, 4.69) is 12.6 Å². The van der Waals surface area contributed by atoms with Gasteiger partial charge >= 0.3 is 0 Å². The van der Waals surface area contributed by atoms with Crippen LogP contribution in [-0.2, 0) is 6.42 Å². The van der Waals surface area contributed by atoms with E-state index in [1.165, 1.54) is 0 Å². The van der Waals surface area contributed by atoms with Crippen LogP contribution in [-0.4, -0.2) is 5.75 Å². The number of hydrogen-bond acceptors (Lipinski definition) is 2. The lowest BCUT2D eigenvalue weighted by Crippen LogP contribution is -1.79. The fourth-order valence-corrected chi connectivity index (χ4v) is 0.979. The molecule has 0 spiro atoms. The summed E-state index contributed by atoms with van der Waals surface area (Å²) < 4.78 is 5.04. The zero-order chi connectivity index (χ0) is 6.69. The second-order valence-corrected chi connectivity index (χ2v) is 2.50. The fraction of sp³-hybridized carbons (Fsp3) is 0.333. The van der Waals surface area contributed by atoms with Crippen molar-refractivity contribution in [3.05, 3.63) is 23.1 Å². The molecule has 0 aromatic carbocycles. The molecule has 1 aromatic heterocycles. The van der Waals surface area contributed by atoms with Crippen molar-refractivity contribution in [2.75, 3.05) is 5.75 Å². The molecule has 0 saturated carbocycles. The van der Waals surface area contributed by atoms with Gasteiger partial charge in [0.05, 0.1) is 0 Å². The van der Waals surface area contributed by atoms with Crippen LogP contribution in [0.5, 0.6) is 0 Å². The average Bonchev–Trinajstić information content (AvgIpc) is 2.17. The van der Waals surface area contributed by atoms with Gasteiger partial charge in [-0.2, -0.15) is 12.6 Å². The molecule has 1 rings (SSSR count). The van der Waals surface area contributed by atoms with Gasteiger partial charge in [0.2, 0.25) is 0 Å². The second kappa shape index (κ2) is 3.18. The zero-order valence-corrected chi connectivity index (χ0v) is 6.45. The summed E-state index contributed by atoms with van der Waals surface area (Å²) in [4.78, 5) is 0. The molecule has 50 valence electrons. The first-order valence-corrected chi connectivity index (χ1v) is 3.69. The average molecular weight is 163 g/mol. The summed E-state index contributed by atoms with van der Waals surface area (Å²) in [5.74, 6) is 1.69. The van der Waals surface area contributed by atoms with Crippen LogP contribution in [0, 0.1) is 0 Å². The van der Waals surface area contributed by atoms with E-state index in [-0.39, 0.29) is 0 Å². The summed E-state index contributed by atoms with van der Waals surface area (Å²) in [5, 5.41) is 0.451. The minimum absolute atomic E-state index is 0.451. The Hall–Kier alpha value is -0.0800. The molecule has 3 heteroatoms. The molecular formula is C6H7ClOS. The molecule has 0 aliphatic rings. The van der Waals surface area contributed by atoms with Gasteiger partial charge < -0.3 is 4.42 Å². The lowest BCUT2D eigenvalue weighted by atomic mass is 10.4. The van der Waals surface area contributed by atoms with Crippen molar-refractivity contribution >= 4 is 24.2 Å². The number of hydrogen-bond donors (Lipinski definition) is 1. The number of thiol groups is 1. The minimum Gasteiger partial charge on any atom is -0.450 e. The van der Waals surface area contributed by atoms with Crippen molar-refractivity contribution in [1.82, 2.24) is 0 Å². The maximum Gasteiger partial charge on any atom is 0.193 e. The van der Waals surface area contributed by atoms with Crippen molar-refractivity contribution < 1.29 is 4.42 Å². The Labute approximate surface area is 64.4 Å². The summed E-state index contributed by atoms with van der Waals surface area (Å²) in [7, 11) is 0. The maximum absolute atomic E-state index is 5.50. The smallest absolute Gasteiger partial charge is 0.193 e. The van der Waals surface area contributed by atoms with Gasteiger partial charge in [-0.25, -0.2) is 0 Å².